The van der Waals surface area contributed by atoms with Crippen LogP contribution >= 0.6 is 0 Å². The van der Waals surface area contributed by atoms with Gasteiger partial charge in [-0.05, 0) is 0 Å². The number of rotatable bonds is 7. The fourth-order valence-corrected chi connectivity index (χ4v) is 1.53. The highest BCUT2D eigenvalue weighted by Crippen LogP contribution is 2.19. The highest BCUT2D eigenvalue weighted by atomic mass is 16.3. The second-order valence-electron chi connectivity index (χ2n) is 4.20. The van der Waals surface area contributed by atoms with Gasteiger partial charge in [0.15, 0.2) is 0 Å². The molecule has 1 aromatic heterocycles. The van der Waals surface area contributed by atoms with Crippen LogP contribution < -0.4 is 16.2 Å². The minimum Gasteiger partial charge on any atom is -0.395 e. The van der Waals surface area contributed by atoms with Crippen molar-refractivity contribution < 1.29 is 10.2 Å². The molecule has 0 saturated carbocycles. The maximum absolute atomic E-state index is 9.02. The zero-order valence-corrected chi connectivity index (χ0v) is 10.8. The molecule has 7 nitrogen and oxygen atoms in total. The standard InChI is InChI=1S/C11H21N5O2/c1-8(2)11-13-9(15-12)7-10(14-11)16(3-5-17)4-6-18/h7-8,17-18H,3-6,12H2,1-2H3,(H,13,14,15). The van der Waals surface area contributed by atoms with E-state index in [9.17, 15) is 0 Å². The number of aliphatic hydroxyl groups excluding tert-OH is 2. The Bertz CT molecular complexity index is 366. The van der Waals surface area contributed by atoms with Crippen LogP contribution in [0, 0.1) is 0 Å². The summed E-state index contributed by atoms with van der Waals surface area (Å²) in [6, 6.07) is 1.69. The number of aliphatic hydroxyl groups is 2. The number of nitrogens with two attached hydrogens (primary N) is 1. The van der Waals surface area contributed by atoms with Crippen LogP contribution in [-0.2, 0) is 0 Å². The zero-order valence-electron chi connectivity index (χ0n) is 10.8. The summed E-state index contributed by atoms with van der Waals surface area (Å²) >= 11 is 0. The monoisotopic (exact) mass is 255 g/mol. The first kappa shape index (κ1) is 14.6. The van der Waals surface area contributed by atoms with Crippen molar-refractivity contribution in [2.45, 2.75) is 19.8 Å². The summed E-state index contributed by atoms with van der Waals surface area (Å²) < 4.78 is 0. The van der Waals surface area contributed by atoms with E-state index < -0.39 is 0 Å². The minimum absolute atomic E-state index is 0.00754. The fraction of sp³-hybridized carbons (Fsp3) is 0.636. The van der Waals surface area contributed by atoms with Crippen LogP contribution in [-0.4, -0.2) is 46.5 Å². The molecular weight excluding hydrogens is 234 g/mol. The number of nitrogens with zero attached hydrogens (tertiary/aromatic N) is 3. The van der Waals surface area contributed by atoms with Crippen molar-refractivity contribution in [1.29, 1.82) is 0 Å². The molecule has 0 saturated heterocycles. The predicted molar refractivity (Wildman–Crippen MR) is 70.3 cm³/mol. The molecule has 0 fully saturated rings. The smallest absolute Gasteiger partial charge is 0.145 e. The van der Waals surface area contributed by atoms with Gasteiger partial charge < -0.3 is 20.5 Å². The minimum atomic E-state index is -0.00754. The van der Waals surface area contributed by atoms with Crippen molar-refractivity contribution in [1.82, 2.24) is 9.97 Å². The van der Waals surface area contributed by atoms with E-state index in [-0.39, 0.29) is 19.1 Å². The number of aromatic nitrogens is 2. The Morgan fingerprint density at radius 2 is 1.89 bits per heavy atom. The maximum atomic E-state index is 9.02. The second-order valence-corrected chi connectivity index (χ2v) is 4.20. The number of hydrazine groups is 1. The van der Waals surface area contributed by atoms with Crippen molar-refractivity contribution in [3.05, 3.63) is 11.9 Å². The lowest BCUT2D eigenvalue weighted by Crippen LogP contribution is -2.31. The molecule has 0 aliphatic carbocycles. The third-order valence-corrected chi connectivity index (χ3v) is 2.46. The Kier molecular flexibility index (Phi) is 5.76. The van der Waals surface area contributed by atoms with Crippen molar-refractivity contribution in [2.24, 2.45) is 5.84 Å². The molecule has 0 radical (unpaired) electrons. The second kappa shape index (κ2) is 7.10. The SMILES string of the molecule is CC(C)c1nc(NN)cc(N(CCO)CCO)n1. The summed E-state index contributed by atoms with van der Waals surface area (Å²) in [5.74, 6) is 7.38. The van der Waals surface area contributed by atoms with Gasteiger partial charge in [0, 0.05) is 25.1 Å². The van der Waals surface area contributed by atoms with Crippen LogP contribution in [0.4, 0.5) is 11.6 Å². The average molecular weight is 255 g/mol. The van der Waals surface area contributed by atoms with Crippen molar-refractivity contribution in [2.75, 3.05) is 36.6 Å². The van der Waals surface area contributed by atoms with Gasteiger partial charge in [0.25, 0.3) is 0 Å². The molecule has 0 aromatic carbocycles. The first-order chi connectivity index (χ1) is 8.62. The number of anilines is 2. The predicted octanol–water partition coefficient (Wildman–Crippen LogP) is -0.323. The highest BCUT2D eigenvalue weighted by molar-refractivity contribution is 5.49. The maximum Gasteiger partial charge on any atom is 0.145 e. The third kappa shape index (κ3) is 3.80. The molecule has 0 unspecified atom stereocenters. The first-order valence-corrected chi connectivity index (χ1v) is 5.94. The molecule has 0 aliphatic heterocycles. The summed E-state index contributed by atoms with van der Waals surface area (Å²) in [6.07, 6.45) is 0. The van der Waals surface area contributed by atoms with Gasteiger partial charge in [0.2, 0.25) is 0 Å². The summed E-state index contributed by atoms with van der Waals surface area (Å²) in [6.45, 7) is 4.76. The number of hydrogen-bond donors (Lipinski definition) is 4. The molecule has 7 heteroatoms. The topological polar surface area (TPSA) is 108 Å². The molecular formula is C11H21N5O2. The Morgan fingerprint density at radius 1 is 1.28 bits per heavy atom. The van der Waals surface area contributed by atoms with E-state index in [1.807, 2.05) is 13.8 Å². The summed E-state index contributed by atoms with van der Waals surface area (Å²) in [7, 11) is 0. The van der Waals surface area contributed by atoms with Crippen LogP contribution in [0.1, 0.15) is 25.6 Å². The molecule has 1 aromatic rings. The van der Waals surface area contributed by atoms with Crippen LogP contribution in [0.15, 0.2) is 6.07 Å². The van der Waals surface area contributed by atoms with Crippen molar-refractivity contribution >= 4 is 11.6 Å². The number of hydrogen-bond acceptors (Lipinski definition) is 7. The summed E-state index contributed by atoms with van der Waals surface area (Å²) in [5.41, 5.74) is 2.50. The molecule has 1 rings (SSSR count). The molecule has 0 spiro atoms. The van der Waals surface area contributed by atoms with Gasteiger partial charge in [-0.15, -0.1) is 0 Å². The third-order valence-electron chi connectivity index (χ3n) is 2.46. The molecule has 18 heavy (non-hydrogen) atoms. The van der Waals surface area contributed by atoms with Crippen molar-refractivity contribution in [3.8, 4) is 0 Å². The van der Waals surface area contributed by atoms with Gasteiger partial charge in [-0.25, -0.2) is 15.8 Å². The van der Waals surface area contributed by atoms with Gasteiger partial charge >= 0.3 is 0 Å². The average Bonchev–Trinajstić information content (AvgIpc) is 2.37. The molecule has 5 N–H and O–H groups in total. The molecule has 0 atom stereocenters. The van der Waals surface area contributed by atoms with E-state index >= 15 is 0 Å². The van der Waals surface area contributed by atoms with E-state index in [0.717, 1.165) is 0 Å². The fourth-order valence-electron chi connectivity index (χ4n) is 1.53. The van der Waals surface area contributed by atoms with Gasteiger partial charge in [0.1, 0.15) is 17.5 Å². The van der Waals surface area contributed by atoms with Gasteiger partial charge in [-0.1, -0.05) is 13.8 Å². The van der Waals surface area contributed by atoms with Crippen LogP contribution in [0.3, 0.4) is 0 Å². The Hall–Kier alpha value is -1.44. The number of nitrogen functional groups attached to an aromatic ring is 1. The van der Waals surface area contributed by atoms with Crippen LogP contribution in [0.5, 0.6) is 0 Å². The van der Waals surface area contributed by atoms with Gasteiger partial charge in [-0.2, -0.15) is 0 Å². The van der Waals surface area contributed by atoms with E-state index in [1.165, 1.54) is 0 Å². The Labute approximate surface area is 107 Å². The zero-order chi connectivity index (χ0) is 13.5. The quantitative estimate of drug-likeness (QED) is 0.390. The van der Waals surface area contributed by atoms with Gasteiger partial charge in [0.05, 0.1) is 13.2 Å². The molecule has 0 bridgehead atoms. The molecule has 0 amide bonds. The van der Waals surface area contributed by atoms with Gasteiger partial charge in [-0.3, -0.25) is 0 Å². The number of nitrogens with one attached hydrogen (secondary N) is 1. The lowest BCUT2D eigenvalue weighted by atomic mass is 10.2. The van der Waals surface area contributed by atoms with E-state index in [2.05, 4.69) is 15.4 Å². The van der Waals surface area contributed by atoms with E-state index in [0.29, 0.717) is 30.5 Å². The molecule has 1 heterocycles. The normalized spacial score (nSPS) is 10.8. The van der Waals surface area contributed by atoms with E-state index in [4.69, 9.17) is 16.1 Å². The highest BCUT2D eigenvalue weighted by Gasteiger charge is 2.12. The van der Waals surface area contributed by atoms with E-state index in [1.54, 1.807) is 11.0 Å². The summed E-state index contributed by atoms with van der Waals surface area (Å²) in [4.78, 5) is 10.5. The lowest BCUT2D eigenvalue weighted by Gasteiger charge is -2.23. The molecule has 0 aliphatic rings. The molecule has 102 valence electrons. The lowest BCUT2D eigenvalue weighted by molar-refractivity contribution is 0.280. The Balaban J connectivity index is 3.07. The van der Waals surface area contributed by atoms with Crippen LogP contribution in [0.25, 0.3) is 0 Å². The van der Waals surface area contributed by atoms with Crippen LogP contribution in [0.2, 0.25) is 0 Å². The Morgan fingerprint density at radius 3 is 2.33 bits per heavy atom. The largest absolute Gasteiger partial charge is 0.395 e. The summed E-state index contributed by atoms with van der Waals surface area (Å²) in [5, 5.41) is 18.0. The van der Waals surface area contributed by atoms with Crippen molar-refractivity contribution in [3.63, 3.8) is 0 Å². The first-order valence-electron chi connectivity index (χ1n) is 5.94.